The summed E-state index contributed by atoms with van der Waals surface area (Å²) in [5, 5.41) is 12.2. The summed E-state index contributed by atoms with van der Waals surface area (Å²) in [5.41, 5.74) is 1.74. The number of carbonyl (C=O) groups is 1. The van der Waals surface area contributed by atoms with Crippen molar-refractivity contribution in [3.8, 4) is 0 Å². The lowest BCUT2D eigenvalue weighted by molar-refractivity contribution is -0.137. The Bertz CT molecular complexity index is 1510. The smallest absolute Gasteiger partial charge is 0.346 e. The first-order valence-electron chi connectivity index (χ1n) is 13.5. The van der Waals surface area contributed by atoms with E-state index in [-0.39, 0.29) is 29.1 Å². The molecule has 0 unspecified atom stereocenters. The first-order valence-corrected chi connectivity index (χ1v) is 13.5. The van der Waals surface area contributed by atoms with Crippen LogP contribution in [-0.4, -0.2) is 51.1 Å². The van der Waals surface area contributed by atoms with Gasteiger partial charge in [-0.05, 0) is 98.9 Å². The van der Waals surface area contributed by atoms with E-state index in [9.17, 15) is 18.0 Å². The molecule has 208 valence electrons. The average molecular weight is 549 g/mol. The zero-order valence-corrected chi connectivity index (χ0v) is 22.0. The Morgan fingerprint density at radius 2 is 1.88 bits per heavy atom. The third-order valence-electron chi connectivity index (χ3n) is 7.22. The molecule has 1 fully saturated rings. The third-order valence-corrected chi connectivity index (χ3v) is 7.22. The highest BCUT2D eigenvalue weighted by molar-refractivity contribution is 6.13. The molecule has 0 atom stereocenters. The Hall–Kier alpha value is -4.05. The van der Waals surface area contributed by atoms with Gasteiger partial charge in [0.1, 0.15) is 5.65 Å². The Morgan fingerprint density at radius 1 is 1.05 bits per heavy atom. The van der Waals surface area contributed by atoms with Crippen LogP contribution in [-0.2, 0) is 19.0 Å². The highest BCUT2D eigenvalue weighted by atomic mass is 19.4. The topological polar surface area (TPSA) is 97.8 Å². The Balaban J connectivity index is 1.33. The van der Waals surface area contributed by atoms with Gasteiger partial charge in [0.25, 0.3) is 5.91 Å². The van der Waals surface area contributed by atoms with Crippen molar-refractivity contribution < 1.29 is 18.0 Å². The number of benzene rings is 1. The van der Waals surface area contributed by atoms with Crippen LogP contribution < -0.4 is 5.32 Å². The SMILES string of the molecule is N=C(Cc1ccnc2[nH]ccc12)c1ncccc1C(=O)Nc1cc(CCCN2CCCCC2)cc(C(F)(F)F)c1. The molecule has 0 radical (unpaired) electrons. The second-order valence-electron chi connectivity index (χ2n) is 10.1. The van der Waals surface area contributed by atoms with E-state index in [1.54, 1.807) is 24.5 Å². The summed E-state index contributed by atoms with van der Waals surface area (Å²) in [6.45, 7) is 2.90. The lowest BCUT2D eigenvalue weighted by Crippen LogP contribution is -2.30. The number of piperidine rings is 1. The van der Waals surface area contributed by atoms with Gasteiger partial charge in [-0.1, -0.05) is 6.42 Å². The summed E-state index contributed by atoms with van der Waals surface area (Å²) < 4.78 is 41.2. The predicted octanol–water partition coefficient (Wildman–Crippen LogP) is 6.26. The number of halogens is 3. The lowest BCUT2D eigenvalue weighted by Gasteiger charge is -2.26. The fraction of sp³-hybridized carbons (Fsp3) is 0.333. The van der Waals surface area contributed by atoms with Crippen molar-refractivity contribution in [2.24, 2.45) is 0 Å². The second-order valence-corrected chi connectivity index (χ2v) is 10.1. The fourth-order valence-electron chi connectivity index (χ4n) is 5.24. The molecular weight excluding hydrogens is 517 g/mol. The van der Waals surface area contributed by atoms with Crippen LogP contribution in [0.15, 0.2) is 61.1 Å². The molecule has 0 bridgehead atoms. The van der Waals surface area contributed by atoms with Crippen LogP contribution in [0, 0.1) is 5.41 Å². The van der Waals surface area contributed by atoms with Crippen LogP contribution in [0.25, 0.3) is 11.0 Å². The molecule has 1 aromatic carbocycles. The van der Waals surface area contributed by atoms with Crippen molar-refractivity contribution in [3.63, 3.8) is 0 Å². The summed E-state index contributed by atoms with van der Waals surface area (Å²) in [6, 6.07) is 10.5. The molecule has 5 rings (SSSR count). The molecule has 4 aromatic rings. The van der Waals surface area contributed by atoms with Gasteiger partial charge in [0.2, 0.25) is 0 Å². The van der Waals surface area contributed by atoms with Crippen molar-refractivity contribution in [2.75, 3.05) is 25.0 Å². The number of hydrogen-bond acceptors (Lipinski definition) is 5. The molecule has 1 aliphatic heterocycles. The molecule has 7 nitrogen and oxygen atoms in total. The van der Waals surface area contributed by atoms with Gasteiger partial charge >= 0.3 is 6.18 Å². The molecule has 10 heteroatoms. The molecule has 0 saturated carbocycles. The van der Waals surface area contributed by atoms with Gasteiger partial charge < -0.3 is 20.6 Å². The molecule has 1 amide bonds. The van der Waals surface area contributed by atoms with Crippen LogP contribution in [0.2, 0.25) is 0 Å². The average Bonchev–Trinajstić information content (AvgIpc) is 3.43. The molecule has 4 heterocycles. The van der Waals surface area contributed by atoms with E-state index in [0.29, 0.717) is 17.6 Å². The molecule has 3 aromatic heterocycles. The summed E-state index contributed by atoms with van der Waals surface area (Å²) in [4.78, 5) is 27.2. The molecule has 1 aliphatic rings. The molecule has 0 spiro atoms. The van der Waals surface area contributed by atoms with Gasteiger partial charge in [-0.3, -0.25) is 9.78 Å². The van der Waals surface area contributed by atoms with Crippen LogP contribution in [0.1, 0.15) is 58.4 Å². The zero-order chi connectivity index (χ0) is 28.1. The minimum atomic E-state index is -4.54. The number of nitrogens with zero attached hydrogens (tertiary/aromatic N) is 3. The number of amides is 1. The van der Waals surface area contributed by atoms with Crippen molar-refractivity contribution in [1.29, 1.82) is 5.41 Å². The summed E-state index contributed by atoms with van der Waals surface area (Å²) >= 11 is 0. The summed E-state index contributed by atoms with van der Waals surface area (Å²) in [6.07, 6.45) is 5.33. The maximum absolute atomic E-state index is 13.7. The largest absolute Gasteiger partial charge is 0.416 e. The zero-order valence-electron chi connectivity index (χ0n) is 22.0. The highest BCUT2D eigenvalue weighted by Crippen LogP contribution is 2.32. The van der Waals surface area contributed by atoms with E-state index in [0.717, 1.165) is 62.0 Å². The van der Waals surface area contributed by atoms with Gasteiger partial charge in [-0.2, -0.15) is 13.2 Å². The molecule has 1 saturated heterocycles. The quantitative estimate of drug-likeness (QED) is 0.215. The van der Waals surface area contributed by atoms with Crippen molar-refractivity contribution in [2.45, 2.75) is 44.7 Å². The third kappa shape index (κ3) is 6.56. The standard InChI is InChI=1S/C30H31F3N6O/c31-30(32,33)22-16-20(6-5-15-39-13-2-1-3-14-39)17-23(19-22)38-29(40)25-7-4-10-35-27(25)26(34)18-21-8-11-36-28-24(21)9-12-37-28/h4,7-12,16-17,19,34H,1-3,5-6,13-15,18H2,(H,36,37)(H,38,40). The number of H-pyrrole nitrogens is 1. The van der Waals surface area contributed by atoms with Crippen LogP contribution in [0.4, 0.5) is 18.9 Å². The molecular formula is C30H31F3N6O. The van der Waals surface area contributed by atoms with Crippen molar-refractivity contribution in [1.82, 2.24) is 19.9 Å². The Morgan fingerprint density at radius 3 is 2.67 bits per heavy atom. The number of alkyl halides is 3. The van der Waals surface area contributed by atoms with E-state index < -0.39 is 17.6 Å². The maximum atomic E-state index is 13.7. The Labute approximate surface area is 230 Å². The van der Waals surface area contributed by atoms with E-state index >= 15 is 0 Å². The normalized spacial score (nSPS) is 14.4. The number of anilines is 1. The number of aryl methyl sites for hydroxylation is 1. The minimum Gasteiger partial charge on any atom is -0.346 e. The number of aromatic amines is 1. The fourth-order valence-corrected chi connectivity index (χ4v) is 5.24. The van der Waals surface area contributed by atoms with E-state index in [1.807, 2.05) is 12.1 Å². The van der Waals surface area contributed by atoms with Crippen molar-refractivity contribution >= 4 is 28.3 Å². The number of rotatable bonds is 9. The molecule has 0 aliphatic carbocycles. The summed E-state index contributed by atoms with van der Waals surface area (Å²) in [5.74, 6) is -0.618. The molecule has 3 N–H and O–H groups in total. The number of aromatic nitrogens is 3. The predicted molar refractivity (Wildman–Crippen MR) is 149 cm³/mol. The van der Waals surface area contributed by atoms with E-state index in [4.69, 9.17) is 5.41 Å². The van der Waals surface area contributed by atoms with Gasteiger partial charge in [-0.25, -0.2) is 4.98 Å². The van der Waals surface area contributed by atoms with Crippen LogP contribution in [0.5, 0.6) is 0 Å². The van der Waals surface area contributed by atoms with Gasteiger partial charge in [0, 0.05) is 36.1 Å². The lowest BCUT2D eigenvalue weighted by atomic mass is 10.0. The number of likely N-dealkylation sites (tertiary alicyclic amines) is 1. The van der Waals surface area contributed by atoms with E-state index in [2.05, 4.69) is 25.2 Å². The van der Waals surface area contributed by atoms with Gasteiger partial charge in [0.15, 0.2) is 0 Å². The minimum absolute atomic E-state index is 0.0669. The maximum Gasteiger partial charge on any atom is 0.416 e. The highest BCUT2D eigenvalue weighted by Gasteiger charge is 2.31. The van der Waals surface area contributed by atoms with Crippen LogP contribution >= 0.6 is 0 Å². The number of carbonyl (C=O) groups excluding carboxylic acids is 1. The first-order chi connectivity index (χ1) is 19.3. The van der Waals surface area contributed by atoms with Gasteiger partial charge in [0.05, 0.1) is 22.5 Å². The van der Waals surface area contributed by atoms with Crippen LogP contribution in [0.3, 0.4) is 0 Å². The Kier molecular flexibility index (Phi) is 8.25. The molecule has 40 heavy (non-hydrogen) atoms. The van der Waals surface area contributed by atoms with Crippen molar-refractivity contribution in [3.05, 3.63) is 89.0 Å². The summed E-state index contributed by atoms with van der Waals surface area (Å²) in [7, 11) is 0. The van der Waals surface area contributed by atoms with Gasteiger partial charge in [-0.15, -0.1) is 0 Å². The second kappa shape index (κ2) is 12.0. The number of nitrogens with one attached hydrogen (secondary N) is 3. The number of hydrogen-bond donors (Lipinski definition) is 3. The first kappa shape index (κ1) is 27.5. The van der Waals surface area contributed by atoms with E-state index in [1.165, 1.54) is 18.7 Å². The number of pyridine rings is 2. The number of fused-ring (bicyclic) bond motifs is 1. The monoisotopic (exact) mass is 548 g/mol.